The summed E-state index contributed by atoms with van der Waals surface area (Å²) in [6, 6.07) is 12.1. The summed E-state index contributed by atoms with van der Waals surface area (Å²) in [6.07, 6.45) is -4.97. The van der Waals surface area contributed by atoms with Gasteiger partial charge < -0.3 is 24.1 Å². The number of aromatic amines is 1. The number of carbonyl (C=O) groups excluding carboxylic acids is 1. The Labute approximate surface area is 216 Å². The molecular formula is C25H18F3N5O6. The lowest BCUT2D eigenvalue weighted by Gasteiger charge is -2.16. The number of alkyl halides is 3. The van der Waals surface area contributed by atoms with Crippen LogP contribution in [-0.4, -0.2) is 62.2 Å². The summed E-state index contributed by atoms with van der Waals surface area (Å²) in [5, 5.41) is 12.7. The van der Waals surface area contributed by atoms with Crippen LogP contribution in [0.3, 0.4) is 0 Å². The van der Waals surface area contributed by atoms with Gasteiger partial charge >= 0.3 is 12.1 Å². The normalized spacial score (nSPS) is 11.7. The molecule has 0 atom stereocenters. The zero-order valence-corrected chi connectivity index (χ0v) is 20.2. The number of carbonyl (C=O) groups is 2. The Hall–Kier alpha value is -5.14. The molecule has 0 saturated heterocycles. The van der Waals surface area contributed by atoms with Gasteiger partial charge in [-0.3, -0.25) is 14.4 Å². The topological polar surface area (TPSA) is 143 Å². The van der Waals surface area contributed by atoms with Crippen LogP contribution in [0.5, 0.6) is 5.75 Å². The van der Waals surface area contributed by atoms with Gasteiger partial charge in [-0.25, -0.2) is 4.98 Å². The van der Waals surface area contributed by atoms with Crippen molar-refractivity contribution < 1.29 is 37.0 Å². The number of para-hydroxylation sites is 1. The fourth-order valence-corrected chi connectivity index (χ4v) is 4.17. The number of H-pyrrole nitrogens is 1. The number of nitrogens with one attached hydrogen (secondary N) is 1. The minimum absolute atomic E-state index is 0.0760. The van der Waals surface area contributed by atoms with Gasteiger partial charge in [0, 0.05) is 7.05 Å². The maximum atomic E-state index is 14.1. The second-order valence-corrected chi connectivity index (χ2v) is 8.41. The molecule has 1 amide bonds. The van der Waals surface area contributed by atoms with E-state index in [0.29, 0.717) is 4.52 Å². The molecule has 39 heavy (non-hydrogen) atoms. The first-order valence-electron chi connectivity index (χ1n) is 11.2. The van der Waals surface area contributed by atoms with E-state index in [1.165, 1.54) is 37.4 Å². The molecule has 200 valence electrons. The van der Waals surface area contributed by atoms with Crippen LogP contribution < -0.4 is 10.3 Å². The van der Waals surface area contributed by atoms with Crippen LogP contribution in [0.1, 0.15) is 16.2 Å². The molecule has 0 bridgehead atoms. The van der Waals surface area contributed by atoms with Crippen molar-refractivity contribution >= 4 is 28.6 Å². The summed E-state index contributed by atoms with van der Waals surface area (Å²) in [6.45, 7) is -0.758. The predicted octanol–water partition coefficient (Wildman–Crippen LogP) is 3.68. The lowest BCUT2D eigenvalue weighted by atomic mass is 10.1. The number of ether oxygens (including phenoxy) is 1. The molecule has 0 aliphatic heterocycles. The molecule has 0 spiro atoms. The monoisotopic (exact) mass is 541 g/mol. The third kappa shape index (κ3) is 4.35. The molecule has 0 saturated carbocycles. The van der Waals surface area contributed by atoms with E-state index in [0.717, 1.165) is 11.9 Å². The molecule has 0 aliphatic carbocycles. The Morgan fingerprint density at radius 1 is 1.13 bits per heavy atom. The van der Waals surface area contributed by atoms with Gasteiger partial charge in [0.25, 0.3) is 11.5 Å². The predicted molar refractivity (Wildman–Crippen MR) is 130 cm³/mol. The average molecular weight is 541 g/mol. The maximum absolute atomic E-state index is 14.1. The summed E-state index contributed by atoms with van der Waals surface area (Å²) in [5.41, 5.74) is -4.05. The number of methoxy groups -OCH3 is 1. The number of nitrogens with zero attached hydrogens (tertiary/aromatic N) is 4. The summed E-state index contributed by atoms with van der Waals surface area (Å²) in [7, 11) is 2.54. The van der Waals surface area contributed by atoms with Crippen LogP contribution in [0.15, 0.2) is 57.7 Å². The molecule has 3 aromatic heterocycles. The molecule has 0 unspecified atom stereocenters. The number of benzene rings is 2. The van der Waals surface area contributed by atoms with E-state index in [9.17, 15) is 32.7 Å². The first kappa shape index (κ1) is 25.5. The third-order valence-electron chi connectivity index (χ3n) is 5.86. The highest BCUT2D eigenvalue weighted by atomic mass is 19.4. The average Bonchev–Trinajstić information content (AvgIpc) is 3.50. The molecule has 14 heteroatoms. The van der Waals surface area contributed by atoms with Crippen LogP contribution >= 0.6 is 0 Å². The van der Waals surface area contributed by atoms with E-state index in [1.807, 2.05) is 0 Å². The highest BCUT2D eigenvalue weighted by Crippen LogP contribution is 2.39. The fourth-order valence-electron chi connectivity index (χ4n) is 4.17. The lowest BCUT2D eigenvalue weighted by molar-refractivity contribution is -0.141. The highest BCUT2D eigenvalue weighted by Gasteiger charge is 2.40. The zero-order valence-electron chi connectivity index (χ0n) is 20.2. The Bertz CT molecular complexity index is 1810. The van der Waals surface area contributed by atoms with Gasteiger partial charge in [0.05, 0.1) is 12.7 Å². The van der Waals surface area contributed by atoms with Crippen LogP contribution in [0, 0.1) is 0 Å². The number of oxazole rings is 1. The van der Waals surface area contributed by atoms with Gasteiger partial charge in [-0.2, -0.15) is 22.8 Å². The largest absolute Gasteiger partial charge is 0.494 e. The Morgan fingerprint density at radius 2 is 1.85 bits per heavy atom. The van der Waals surface area contributed by atoms with Crippen molar-refractivity contribution in [2.75, 3.05) is 20.7 Å². The third-order valence-corrected chi connectivity index (χ3v) is 5.86. The van der Waals surface area contributed by atoms with E-state index in [2.05, 4.69) is 15.1 Å². The number of hydrogen-bond donors (Lipinski definition) is 2. The van der Waals surface area contributed by atoms with E-state index in [1.54, 1.807) is 18.2 Å². The molecule has 11 nitrogen and oxygen atoms in total. The molecule has 2 N–H and O–H groups in total. The SMILES string of the molecule is COc1cccc2oc(-c3c(C(=O)N(C)CC(=O)O)[nH]c4c(-c5ccccc5)c(C(F)(F)F)nn4c3=O)nc12. The summed E-state index contributed by atoms with van der Waals surface area (Å²) in [5.74, 6) is -2.48. The number of fused-ring (bicyclic) bond motifs is 2. The molecule has 0 radical (unpaired) electrons. The van der Waals surface area contributed by atoms with E-state index in [-0.39, 0.29) is 22.4 Å². The summed E-state index contributed by atoms with van der Waals surface area (Å²) in [4.78, 5) is 46.1. The first-order valence-corrected chi connectivity index (χ1v) is 11.2. The number of likely N-dealkylation sites (N-methyl/N-ethyl adjacent to an activating group) is 1. The van der Waals surface area contributed by atoms with E-state index in [4.69, 9.17) is 9.15 Å². The van der Waals surface area contributed by atoms with E-state index < -0.39 is 64.2 Å². The maximum Gasteiger partial charge on any atom is 0.435 e. The number of rotatable bonds is 6. The lowest BCUT2D eigenvalue weighted by Crippen LogP contribution is -2.34. The Balaban J connectivity index is 1.89. The van der Waals surface area contributed by atoms with E-state index >= 15 is 0 Å². The van der Waals surface area contributed by atoms with Gasteiger partial charge in [0.1, 0.15) is 29.2 Å². The Morgan fingerprint density at radius 3 is 2.49 bits per heavy atom. The fraction of sp³-hybridized carbons (Fsp3) is 0.160. The number of carboxylic acid groups (broad SMARTS) is 1. The summed E-state index contributed by atoms with van der Waals surface area (Å²) < 4.78 is 53.8. The first-order chi connectivity index (χ1) is 18.5. The summed E-state index contributed by atoms with van der Waals surface area (Å²) >= 11 is 0. The Kier molecular flexibility index (Phi) is 6.09. The number of aromatic nitrogens is 4. The van der Waals surface area contributed by atoms with Crippen LogP contribution in [0.25, 0.3) is 39.3 Å². The van der Waals surface area contributed by atoms with Gasteiger partial charge in [0.15, 0.2) is 16.8 Å². The second-order valence-electron chi connectivity index (χ2n) is 8.41. The number of amides is 1. The van der Waals surface area contributed by atoms with Crippen molar-refractivity contribution in [2.24, 2.45) is 0 Å². The number of carboxylic acids is 1. The second kappa shape index (κ2) is 9.31. The van der Waals surface area contributed by atoms with Crippen molar-refractivity contribution in [1.29, 1.82) is 0 Å². The molecule has 0 fully saturated rings. The van der Waals surface area contributed by atoms with Crippen molar-refractivity contribution in [3.05, 3.63) is 70.3 Å². The van der Waals surface area contributed by atoms with Crippen LogP contribution in [0.2, 0.25) is 0 Å². The van der Waals surface area contributed by atoms with Gasteiger partial charge in [-0.1, -0.05) is 36.4 Å². The van der Waals surface area contributed by atoms with Crippen molar-refractivity contribution in [2.45, 2.75) is 6.18 Å². The number of hydrogen-bond acceptors (Lipinski definition) is 7. The smallest absolute Gasteiger partial charge is 0.435 e. The molecule has 3 heterocycles. The van der Waals surface area contributed by atoms with Crippen LogP contribution in [-0.2, 0) is 11.0 Å². The quantitative estimate of drug-likeness (QED) is 0.332. The molecule has 5 rings (SSSR count). The van der Waals surface area contributed by atoms with Gasteiger partial charge in [0.2, 0.25) is 5.89 Å². The molecule has 2 aromatic carbocycles. The van der Waals surface area contributed by atoms with Gasteiger partial charge in [-0.05, 0) is 17.7 Å². The highest BCUT2D eigenvalue weighted by molar-refractivity contribution is 6.00. The minimum atomic E-state index is -4.97. The van der Waals surface area contributed by atoms with Crippen molar-refractivity contribution in [1.82, 2.24) is 24.5 Å². The zero-order chi connectivity index (χ0) is 28.1. The standard InChI is InChI=1S/C25H18F3N5O6/c1-32(11-15(34)35)24(37)19-17(22-30-18-13(38-2)9-6-10-14(18)39-22)23(36)33-21(29-19)16(12-7-4-3-5-8-12)20(31-33)25(26,27)28/h3-10,29H,11H2,1-2H3,(H,34,35). The molecular weight excluding hydrogens is 523 g/mol. The number of aliphatic carboxylic acids is 1. The van der Waals surface area contributed by atoms with Gasteiger partial charge in [-0.15, -0.1) is 0 Å². The molecule has 0 aliphatic rings. The number of halogens is 3. The molecule has 5 aromatic rings. The van der Waals surface area contributed by atoms with Crippen molar-refractivity contribution in [3.63, 3.8) is 0 Å². The minimum Gasteiger partial charge on any atom is -0.494 e. The van der Waals surface area contributed by atoms with Crippen LogP contribution in [0.4, 0.5) is 13.2 Å². The van der Waals surface area contributed by atoms with Crippen molar-refractivity contribution in [3.8, 4) is 28.3 Å².